The normalized spacial score (nSPS) is 10.8. The van der Waals surface area contributed by atoms with Crippen molar-refractivity contribution in [2.24, 2.45) is 0 Å². The van der Waals surface area contributed by atoms with E-state index in [1.165, 1.54) is 13.2 Å². The van der Waals surface area contributed by atoms with Crippen LogP contribution in [-0.2, 0) is 14.3 Å². The second-order valence-corrected chi connectivity index (χ2v) is 6.38. The van der Waals surface area contributed by atoms with E-state index in [1.807, 2.05) is 18.2 Å². The van der Waals surface area contributed by atoms with Gasteiger partial charge in [0.15, 0.2) is 18.1 Å². The van der Waals surface area contributed by atoms with Gasteiger partial charge in [-0.15, -0.1) is 0 Å². The van der Waals surface area contributed by atoms with E-state index in [9.17, 15) is 9.59 Å². The van der Waals surface area contributed by atoms with Crippen molar-refractivity contribution in [3.63, 3.8) is 0 Å². The molecule has 0 aliphatic heterocycles. The number of anilines is 1. The van der Waals surface area contributed by atoms with Crippen LogP contribution in [0.25, 0.3) is 6.08 Å². The molecule has 1 N–H and O–H groups in total. The maximum absolute atomic E-state index is 12.0. The van der Waals surface area contributed by atoms with Crippen LogP contribution in [0.2, 0.25) is 0 Å². The fourth-order valence-corrected chi connectivity index (χ4v) is 2.48. The van der Waals surface area contributed by atoms with Crippen molar-refractivity contribution in [3.8, 4) is 11.5 Å². The van der Waals surface area contributed by atoms with Gasteiger partial charge in [0.2, 0.25) is 0 Å². The Morgan fingerprint density at radius 1 is 1.04 bits per heavy atom. The molecule has 0 radical (unpaired) electrons. The molecule has 2 aromatic rings. The minimum absolute atomic E-state index is 0.358. The summed E-state index contributed by atoms with van der Waals surface area (Å²) in [4.78, 5) is 23.8. The predicted octanol–water partition coefficient (Wildman–Crippen LogP) is 4.02. The van der Waals surface area contributed by atoms with Gasteiger partial charge in [-0.3, -0.25) is 4.79 Å². The Balaban J connectivity index is 1.87. The summed E-state index contributed by atoms with van der Waals surface area (Å²) in [6.45, 7) is 3.79. The predicted molar refractivity (Wildman–Crippen MR) is 109 cm³/mol. The van der Waals surface area contributed by atoms with Crippen LogP contribution in [0.15, 0.2) is 48.5 Å². The Labute approximate surface area is 165 Å². The van der Waals surface area contributed by atoms with Crippen LogP contribution in [0.3, 0.4) is 0 Å². The average molecular weight is 383 g/mol. The molecule has 2 aromatic carbocycles. The molecule has 0 saturated heterocycles. The van der Waals surface area contributed by atoms with Gasteiger partial charge in [-0.2, -0.15) is 0 Å². The number of carbonyl (C=O) groups excluding carboxylic acids is 2. The number of nitrogens with one attached hydrogen (secondary N) is 1. The zero-order valence-electron chi connectivity index (χ0n) is 16.5. The molecule has 0 unspecified atom stereocenters. The van der Waals surface area contributed by atoms with Crippen LogP contribution >= 0.6 is 0 Å². The Kier molecular flexibility index (Phi) is 7.63. The van der Waals surface area contributed by atoms with E-state index in [0.29, 0.717) is 23.1 Å². The smallest absolute Gasteiger partial charge is 0.331 e. The molecule has 148 valence electrons. The van der Waals surface area contributed by atoms with Gasteiger partial charge in [0.1, 0.15) is 0 Å². The fraction of sp³-hybridized carbons (Fsp3) is 0.273. The second kappa shape index (κ2) is 10.2. The lowest BCUT2D eigenvalue weighted by Gasteiger charge is -2.09. The summed E-state index contributed by atoms with van der Waals surface area (Å²) in [5, 5.41) is 2.72. The zero-order chi connectivity index (χ0) is 20.5. The maximum atomic E-state index is 12.0. The Bertz CT molecular complexity index is 858. The molecular formula is C22H25NO5. The molecule has 0 aliphatic rings. The van der Waals surface area contributed by atoms with E-state index < -0.39 is 11.9 Å². The number of benzene rings is 2. The van der Waals surface area contributed by atoms with Crippen LogP contribution in [0.1, 0.15) is 30.9 Å². The quantitative estimate of drug-likeness (QED) is 0.550. The first-order valence-electron chi connectivity index (χ1n) is 8.89. The molecule has 0 bridgehead atoms. The van der Waals surface area contributed by atoms with Crippen molar-refractivity contribution in [3.05, 3.63) is 59.7 Å². The molecule has 0 heterocycles. The van der Waals surface area contributed by atoms with Crippen LogP contribution in [0.4, 0.5) is 5.69 Å². The van der Waals surface area contributed by atoms with Crippen LogP contribution in [0, 0.1) is 0 Å². The van der Waals surface area contributed by atoms with Crippen molar-refractivity contribution in [1.29, 1.82) is 0 Å². The molecule has 6 nitrogen and oxygen atoms in total. The number of amides is 1. The van der Waals surface area contributed by atoms with Gasteiger partial charge in [-0.05, 0) is 47.4 Å². The third-order valence-electron chi connectivity index (χ3n) is 4.00. The summed E-state index contributed by atoms with van der Waals surface area (Å²) < 4.78 is 15.4. The average Bonchev–Trinajstić information content (AvgIpc) is 2.70. The van der Waals surface area contributed by atoms with E-state index in [0.717, 1.165) is 11.1 Å². The topological polar surface area (TPSA) is 73.9 Å². The molecule has 0 fully saturated rings. The lowest BCUT2D eigenvalue weighted by molar-refractivity contribution is -0.142. The molecule has 0 spiro atoms. The van der Waals surface area contributed by atoms with Crippen LogP contribution in [0.5, 0.6) is 11.5 Å². The SMILES string of the molecule is COc1ccc(/C=C/C(=O)OCC(=O)Nc2cccc(C(C)C)c2)cc1OC. The molecule has 0 aromatic heterocycles. The highest BCUT2D eigenvalue weighted by Crippen LogP contribution is 2.28. The van der Waals surface area contributed by atoms with Gasteiger partial charge in [0.05, 0.1) is 14.2 Å². The lowest BCUT2D eigenvalue weighted by Crippen LogP contribution is -2.20. The third kappa shape index (κ3) is 6.16. The molecule has 0 aliphatic carbocycles. The van der Waals surface area contributed by atoms with Crippen molar-refractivity contribution >= 4 is 23.6 Å². The van der Waals surface area contributed by atoms with Crippen molar-refractivity contribution in [2.45, 2.75) is 19.8 Å². The summed E-state index contributed by atoms with van der Waals surface area (Å²) >= 11 is 0. The standard InChI is InChI=1S/C22H25NO5/c1-15(2)17-6-5-7-18(13-17)23-21(24)14-28-22(25)11-9-16-8-10-19(26-3)20(12-16)27-4/h5-13,15H,14H2,1-4H3,(H,23,24)/b11-9+. The highest BCUT2D eigenvalue weighted by molar-refractivity contribution is 5.94. The van der Waals surface area contributed by atoms with Gasteiger partial charge < -0.3 is 19.5 Å². The lowest BCUT2D eigenvalue weighted by atomic mass is 10.0. The fourth-order valence-electron chi connectivity index (χ4n) is 2.48. The van der Waals surface area contributed by atoms with Crippen LogP contribution in [-0.4, -0.2) is 32.7 Å². The largest absolute Gasteiger partial charge is 0.493 e. The molecule has 1 amide bonds. The van der Waals surface area contributed by atoms with Crippen molar-refractivity contribution in [1.82, 2.24) is 0 Å². The molecule has 6 heteroatoms. The number of carbonyl (C=O) groups is 2. The van der Waals surface area contributed by atoms with E-state index in [1.54, 1.807) is 37.5 Å². The molecular weight excluding hydrogens is 358 g/mol. The second-order valence-electron chi connectivity index (χ2n) is 6.38. The van der Waals surface area contributed by atoms with E-state index in [2.05, 4.69) is 19.2 Å². The number of hydrogen-bond donors (Lipinski definition) is 1. The summed E-state index contributed by atoms with van der Waals surface area (Å²) in [6, 6.07) is 12.8. The molecule has 0 saturated carbocycles. The Hall–Kier alpha value is -3.28. The number of rotatable bonds is 8. The van der Waals surface area contributed by atoms with Gasteiger partial charge in [0, 0.05) is 11.8 Å². The minimum Gasteiger partial charge on any atom is -0.493 e. The number of esters is 1. The first-order valence-corrected chi connectivity index (χ1v) is 8.89. The first-order chi connectivity index (χ1) is 13.4. The van der Waals surface area contributed by atoms with Crippen molar-refractivity contribution in [2.75, 3.05) is 26.1 Å². The van der Waals surface area contributed by atoms with Gasteiger partial charge >= 0.3 is 5.97 Å². The molecule has 0 atom stereocenters. The van der Waals surface area contributed by atoms with E-state index in [4.69, 9.17) is 14.2 Å². The number of methoxy groups -OCH3 is 2. The summed E-state index contributed by atoms with van der Waals surface area (Å²) in [5.74, 6) is 0.507. The van der Waals surface area contributed by atoms with Gasteiger partial charge in [-0.25, -0.2) is 4.79 Å². The number of ether oxygens (including phenoxy) is 3. The highest BCUT2D eigenvalue weighted by Gasteiger charge is 2.08. The van der Waals surface area contributed by atoms with Crippen LogP contribution < -0.4 is 14.8 Å². The monoisotopic (exact) mass is 383 g/mol. The minimum atomic E-state index is -0.610. The zero-order valence-corrected chi connectivity index (χ0v) is 16.5. The van der Waals surface area contributed by atoms with Crippen molar-refractivity contribution < 1.29 is 23.8 Å². The first kappa shape index (κ1) is 21.0. The van der Waals surface area contributed by atoms with E-state index in [-0.39, 0.29) is 6.61 Å². The maximum Gasteiger partial charge on any atom is 0.331 e. The molecule has 28 heavy (non-hydrogen) atoms. The summed E-state index contributed by atoms with van der Waals surface area (Å²) in [7, 11) is 3.09. The Morgan fingerprint density at radius 2 is 1.79 bits per heavy atom. The van der Waals surface area contributed by atoms with E-state index >= 15 is 0 Å². The summed E-state index contributed by atoms with van der Waals surface area (Å²) in [6.07, 6.45) is 2.84. The molecule has 2 rings (SSSR count). The summed E-state index contributed by atoms with van der Waals surface area (Å²) in [5.41, 5.74) is 2.53. The number of hydrogen-bond acceptors (Lipinski definition) is 5. The van der Waals surface area contributed by atoms with Gasteiger partial charge in [-0.1, -0.05) is 32.0 Å². The van der Waals surface area contributed by atoms with Gasteiger partial charge in [0.25, 0.3) is 5.91 Å². The highest BCUT2D eigenvalue weighted by atomic mass is 16.5. The third-order valence-corrected chi connectivity index (χ3v) is 4.00. The Morgan fingerprint density at radius 3 is 2.46 bits per heavy atom.